The fourth-order valence-electron chi connectivity index (χ4n) is 1.57. The summed E-state index contributed by atoms with van der Waals surface area (Å²) in [5.74, 6) is 0.966. The van der Waals surface area contributed by atoms with Crippen LogP contribution in [0.4, 0.5) is 0 Å². The maximum Gasteiger partial charge on any atom is 0.148 e. The summed E-state index contributed by atoms with van der Waals surface area (Å²) in [6.07, 6.45) is 0. The van der Waals surface area contributed by atoms with Gasteiger partial charge in [-0.3, -0.25) is 0 Å². The van der Waals surface area contributed by atoms with Crippen LogP contribution in [-0.4, -0.2) is 7.05 Å². The molecule has 2 nitrogen and oxygen atoms in total. The minimum Gasteiger partial charge on any atom is -0.459 e. The summed E-state index contributed by atoms with van der Waals surface area (Å²) in [5.41, 5.74) is 2.17. The molecule has 0 amide bonds. The molecule has 0 radical (unpaired) electrons. The molecule has 14 heavy (non-hydrogen) atoms. The van der Waals surface area contributed by atoms with Crippen LogP contribution >= 0.6 is 15.9 Å². The molecule has 2 rings (SSSR count). The van der Waals surface area contributed by atoms with Gasteiger partial charge in [-0.05, 0) is 53.7 Å². The highest BCUT2D eigenvalue weighted by molar-refractivity contribution is 9.10. The minimum absolute atomic E-state index is 0.764. The Hall–Kier alpha value is -0.800. The molecule has 0 aliphatic carbocycles. The quantitative estimate of drug-likeness (QED) is 0.890. The number of benzene rings is 1. The summed E-state index contributed by atoms with van der Waals surface area (Å²) in [7, 11) is 1.91. The second-order valence-corrected chi connectivity index (χ2v) is 4.26. The first-order chi connectivity index (χ1) is 6.70. The van der Waals surface area contributed by atoms with Gasteiger partial charge in [0.1, 0.15) is 11.3 Å². The van der Waals surface area contributed by atoms with Crippen molar-refractivity contribution in [1.29, 1.82) is 0 Å². The number of rotatable bonds is 2. The number of fused-ring (bicyclic) bond motifs is 1. The summed E-state index contributed by atoms with van der Waals surface area (Å²) in [6.45, 7) is 2.84. The summed E-state index contributed by atoms with van der Waals surface area (Å²) in [4.78, 5) is 0. The van der Waals surface area contributed by atoms with Gasteiger partial charge < -0.3 is 9.73 Å². The van der Waals surface area contributed by atoms with E-state index in [4.69, 9.17) is 4.42 Å². The fourth-order valence-corrected chi connectivity index (χ4v) is 2.24. The van der Waals surface area contributed by atoms with Gasteiger partial charge in [-0.1, -0.05) is 0 Å². The van der Waals surface area contributed by atoms with E-state index in [1.165, 1.54) is 5.56 Å². The van der Waals surface area contributed by atoms with Crippen LogP contribution in [0.1, 0.15) is 11.3 Å². The zero-order valence-corrected chi connectivity index (χ0v) is 9.81. The molecule has 0 aliphatic heterocycles. The van der Waals surface area contributed by atoms with E-state index in [0.29, 0.717) is 0 Å². The van der Waals surface area contributed by atoms with E-state index in [1.54, 1.807) is 0 Å². The number of furan rings is 1. The Balaban J connectivity index is 2.58. The highest BCUT2D eigenvalue weighted by Gasteiger charge is 2.06. The lowest BCUT2D eigenvalue weighted by Crippen LogP contribution is -2.03. The van der Waals surface area contributed by atoms with E-state index in [-0.39, 0.29) is 0 Å². The second-order valence-electron chi connectivity index (χ2n) is 3.41. The van der Waals surface area contributed by atoms with Gasteiger partial charge in [0.25, 0.3) is 0 Å². The molecule has 0 unspecified atom stereocenters. The van der Waals surface area contributed by atoms with Gasteiger partial charge in [-0.25, -0.2) is 0 Å². The summed E-state index contributed by atoms with van der Waals surface area (Å²) >= 11 is 3.50. The van der Waals surface area contributed by atoms with Crippen molar-refractivity contribution in [2.24, 2.45) is 0 Å². The molecule has 0 saturated carbocycles. The van der Waals surface area contributed by atoms with Gasteiger partial charge in [-0.2, -0.15) is 0 Å². The van der Waals surface area contributed by atoms with Crippen molar-refractivity contribution < 1.29 is 4.42 Å². The van der Waals surface area contributed by atoms with Crippen LogP contribution in [-0.2, 0) is 6.54 Å². The predicted molar refractivity (Wildman–Crippen MR) is 61.4 cm³/mol. The smallest absolute Gasteiger partial charge is 0.148 e. The molecule has 0 bridgehead atoms. The molecule has 1 heterocycles. The van der Waals surface area contributed by atoms with Crippen molar-refractivity contribution in [2.75, 3.05) is 7.05 Å². The van der Waals surface area contributed by atoms with E-state index in [1.807, 2.05) is 7.05 Å². The number of hydrogen-bond donors (Lipinski definition) is 1. The first-order valence-corrected chi connectivity index (χ1v) is 5.33. The molecule has 0 fully saturated rings. The van der Waals surface area contributed by atoms with Crippen LogP contribution in [0.15, 0.2) is 27.1 Å². The Kier molecular flexibility index (Phi) is 2.61. The van der Waals surface area contributed by atoms with Gasteiger partial charge in [-0.15, -0.1) is 0 Å². The van der Waals surface area contributed by atoms with Gasteiger partial charge in [0.2, 0.25) is 0 Å². The molecule has 0 aliphatic rings. The lowest BCUT2D eigenvalue weighted by molar-refractivity contribution is 0.529. The van der Waals surface area contributed by atoms with E-state index in [0.717, 1.165) is 27.7 Å². The predicted octanol–water partition coefficient (Wildman–Crippen LogP) is 3.22. The Morgan fingerprint density at radius 3 is 2.86 bits per heavy atom. The normalized spacial score (nSPS) is 11.1. The monoisotopic (exact) mass is 253 g/mol. The lowest BCUT2D eigenvalue weighted by Gasteiger charge is -1.95. The zero-order chi connectivity index (χ0) is 10.1. The fraction of sp³-hybridized carbons (Fsp3) is 0.273. The van der Waals surface area contributed by atoms with E-state index in [2.05, 4.69) is 46.4 Å². The summed E-state index contributed by atoms with van der Waals surface area (Å²) in [5, 5.41) is 4.22. The maximum atomic E-state index is 5.68. The van der Waals surface area contributed by atoms with Gasteiger partial charge in [0.05, 0.1) is 11.0 Å². The molecule has 74 valence electrons. The Morgan fingerprint density at radius 1 is 1.36 bits per heavy atom. The number of hydrogen-bond acceptors (Lipinski definition) is 2. The first kappa shape index (κ1) is 9.74. The topological polar surface area (TPSA) is 25.2 Å². The van der Waals surface area contributed by atoms with E-state index in [9.17, 15) is 0 Å². The highest BCUT2D eigenvalue weighted by atomic mass is 79.9. The molecule has 1 aromatic carbocycles. The molecular formula is C11H12BrNO. The number of aryl methyl sites for hydroxylation is 1. The van der Waals surface area contributed by atoms with Crippen molar-refractivity contribution in [3.63, 3.8) is 0 Å². The molecule has 0 saturated heterocycles. The van der Waals surface area contributed by atoms with Crippen LogP contribution in [0.2, 0.25) is 0 Å². The van der Waals surface area contributed by atoms with E-state index < -0.39 is 0 Å². The average molecular weight is 254 g/mol. The number of halogens is 1. The van der Waals surface area contributed by atoms with Crippen molar-refractivity contribution in [2.45, 2.75) is 13.5 Å². The lowest BCUT2D eigenvalue weighted by atomic mass is 10.2. The van der Waals surface area contributed by atoms with Crippen molar-refractivity contribution >= 4 is 26.9 Å². The van der Waals surface area contributed by atoms with Crippen molar-refractivity contribution in [3.05, 3.63) is 34.0 Å². The van der Waals surface area contributed by atoms with Crippen LogP contribution in [0.5, 0.6) is 0 Å². The molecule has 0 spiro atoms. The number of nitrogens with one attached hydrogen (secondary N) is 1. The third-order valence-corrected chi connectivity index (χ3v) is 2.71. The average Bonchev–Trinajstić information content (AvgIpc) is 2.48. The third kappa shape index (κ3) is 1.70. The Labute approximate surface area is 91.4 Å². The van der Waals surface area contributed by atoms with Gasteiger partial charge in [0.15, 0.2) is 0 Å². The molecule has 1 N–H and O–H groups in total. The van der Waals surface area contributed by atoms with E-state index >= 15 is 0 Å². The largest absolute Gasteiger partial charge is 0.459 e. The van der Waals surface area contributed by atoms with Gasteiger partial charge in [0, 0.05) is 5.39 Å². The molecule has 0 atom stereocenters. The maximum absolute atomic E-state index is 5.68. The van der Waals surface area contributed by atoms with Crippen molar-refractivity contribution in [3.8, 4) is 0 Å². The molecule has 1 aromatic heterocycles. The first-order valence-electron chi connectivity index (χ1n) is 4.54. The standard InChI is InChI=1S/C11H12BrNO/c1-7-3-8-5-9(6-13-2)14-11(8)10(12)4-7/h3-5,13H,6H2,1-2H3. The summed E-state index contributed by atoms with van der Waals surface area (Å²) in [6, 6.07) is 6.27. The summed E-state index contributed by atoms with van der Waals surface area (Å²) < 4.78 is 6.71. The van der Waals surface area contributed by atoms with Crippen LogP contribution in [0.25, 0.3) is 11.0 Å². The third-order valence-electron chi connectivity index (χ3n) is 2.12. The Morgan fingerprint density at radius 2 is 2.14 bits per heavy atom. The Bertz CT molecular complexity index is 462. The zero-order valence-electron chi connectivity index (χ0n) is 8.23. The van der Waals surface area contributed by atoms with Crippen LogP contribution < -0.4 is 5.32 Å². The van der Waals surface area contributed by atoms with Gasteiger partial charge >= 0.3 is 0 Å². The minimum atomic E-state index is 0.764. The second kappa shape index (κ2) is 3.75. The molecule has 3 heteroatoms. The van der Waals surface area contributed by atoms with Crippen LogP contribution in [0.3, 0.4) is 0 Å². The highest BCUT2D eigenvalue weighted by Crippen LogP contribution is 2.28. The SMILES string of the molecule is CNCc1cc2cc(C)cc(Br)c2o1. The van der Waals surface area contributed by atoms with Crippen LogP contribution in [0, 0.1) is 6.92 Å². The van der Waals surface area contributed by atoms with Crippen molar-refractivity contribution in [1.82, 2.24) is 5.32 Å². The molecular weight excluding hydrogens is 242 g/mol. The molecule has 2 aromatic rings.